The van der Waals surface area contributed by atoms with Crippen molar-refractivity contribution in [2.75, 3.05) is 78.1 Å². The molecule has 2 bridgehead atoms. The second kappa shape index (κ2) is 16.7. The molecule has 2 aromatic carbocycles. The second-order valence-electron chi connectivity index (χ2n) is 17.2. The molecule has 0 aromatic heterocycles. The number of ether oxygens (including phenoxy) is 3. The molecule has 6 atom stereocenters. The van der Waals surface area contributed by atoms with Gasteiger partial charge in [-0.25, -0.2) is 13.1 Å². The van der Waals surface area contributed by atoms with Crippen LogP contribution in [0.25, 0.3) is 0 Å². The molecular formula is C43H63ClN4O5S. The summed E-state index contributed by atoms with van der Waals surface area (Å²) in [6.45, 7) is 14.5. The van der Waals surface area contributed by atoms with Gasteiger partial charge in [0, 0.05) is 89.7 Å². The molecule has 9 nitrogen and oxygen atoms in total. The average molecular weight is 784 g/mol. The highest BCUT2D eigenvalue weighted by atomic mass is 35.5. The van der Waals surface area contributed by atoms with E-state index in [9.17, 15) is 8.42 Å². The number of anilines is 1. The van der Waals surface area contributed by atoms with Gasteiger partial charge in [-0.2, -0.15) is 0 Å². The minimum atomic E-state index is -3.66. The standard InChI is InChI=1S/C43H63ClN4O5S/c1-31(2)47-21-19-46(20-22-47)29-43(52-5)18-6-8-32(3)41(16-23-51-4)54(49,50)45-26-33-10-15-40-39(24-33)48(27-35-11-13-38(35)43)28-42(30-53-40)17-7-9-34-25-36(44)12-14-37(34)42/h6,10,12,14-15,18,24-25,31-32,35,38,41,45H,7-9,11,13,16-17,19-23,26-30H2,1-5H3/b18-6+/t32-,35-,38+,41+,42-,43-/m0/s1. The third-order valence-electron chi connectivity index (χ3n) is 13.6. The predicted molar refractivity (Wildman–Crippen MR) is 218 cm³/mol. The maximum atomic E-state index is 14.1. The molecule has 1 spiro atoms. The summed E-state index contributed by atoms with van der Waals surface area (Å²) in [6, 6.07) is 13.2. The molecular weight excluding hydrogens is 720 g/mol. The lowest BCUT2D eigenvalue weighted by atomic mass is 9.63. The first-order valence-electron chi connectivity index (χ1n) is 20.4. The summed E-state index contributed by atoms with van der Waals surface area (Å²) in [7, 11) is -0.136. The molecule has 1 saturated carbocycles. The molecule has 0 radical (unpaired) electrons. The molecule has 3 aliphatic heterocycles. The van der Waals surface area contributed by atoms with Crippen molar-refractivity contribution in [1.82, 2.24) is 14.5 Å². The van der Waals surface area contributed by atoms with E-state index in [2.05, 4.69) is 76.6 Å². The van der Waals surface area contributed by atoms with Crippen LogP contribution in [-0.4, -0.2) is 108 Å². The normalized spacial score (nSPS) is 32.6. The van der Waals surface area contributed by atoms with Crippen LogP contribution in [0.5, 0.6) is 5.75 Å². The molecule has 3 heterocycles. The fourth-order valence-electron chi connectivity index (χ4n) is 10.3. The zero-order chi connectivity index (χ0) is 38.1. The van der Waals surface area contributed by atoms with E-state index >= 15 is 0 Å². The second-order valence-corrected chi connectivity index (χ2v) is 19.6. The SMILES string of the molecule is COCC[C@@H]1[C@@H](C)C/C=C/[C@@](CN2CCN(C(C)C)CC2)(OC)[C@@H]2CC[C@H]2CN2C[C@@]3(CCCc4cc(Cl)ccc43)COc3ccc(cc32)CNS1(=O)=O. The molecule has 0 amide bonds. The van der Waals surface area contributed by atoms with E-state index in [-0.39, 0.29) is 17.9 Å². The lowest BCUT2D eigenvalue weighted by molar-refractivity contribution is -0.0961. The van der Waals surface area contributed by atoms with Gasteiger partial charge in [0.15, 0.2) is 0 Å². The largest absolute Gasteiger partial charge is 0.490 e. The van der Waals surface area contributed by atoms with Crippen LogP contribution in [0, 0.1) is 17.8 Å². The molecule has 1 saturated heterocycles. The molecule has 54 heavy (non-hydrogen) atoms. The van der Waals surface area contributed by atoms with Crippen molar-refractivity contribution in [3.05, 3.63) is 70.3 Å². The highest BCUT2D eigenvalue weighted by Gasteiger charge is 2.50. The maximum Gasteiger partial charge on any atom is 0.215 e. The highest BCUT2D eigenvalue weighted by Crippen LogP contribution is 2.49. The van der Waals surface area contributed by atoms with Gasteiger partial charge in [0.1, 0.15) is 11.4 Å². The Hall–Kier alpha value is -2.18. The Bertz CT molecular complexity index is 1750. The quantitative estimate of drug-likeness (QED) is 0.312. The van der Waals surface area contributed by atoms with Gasteiger partial charge in [-0.3, -0.25) is 9.80 Å². The number of allylic oxidation sites excluding steroid dienone is 1. The van der Waals surface area contributed by atoms with Crippen molar-refractivity contribution in [2.24, 2.45) is 17.8 Å². The molecule has 1 N–H and O–H groups in total. The van der Waals surface area contributed by atoms with Crippen LogP contribution in [0.2, 0.25) is 5.02 Å². The number of halogens is 1. The van der Waals surface area contributed by atoms with Gasteiger partial charge in [0.2, 0.25) is 10.0 Å². The third-order valence-corrected chi connectivity index (χ3v) is 15.9. The van der Waals surface area contributed by atoms with Crippen molar-refractivity contribution >= 4 is 27.3 Å². The van der Waals surface area contributed by atoms with Crippen LogP contribution in [0.3, 0.4) is 0 Å². The number of hydrogen-bond acceptors (Lipinski definition) is 8. The van der Waals surface area contributed by atoms with Crippen LogP contribution in [0.4, 0.5) is 5.69 Å². The fraction of sp³-hybridized carbons (Fsp3) is 0.674. The Morgan fingerprint density at radius 2 is 1.89 bits per heavy atom. The molecule has 7 rings (SSSR count). The summed E-state index contributed by atoms with van der Waals surface area (Å²) in [5.41, 5.74) is 3.99. The van der Waals surface area contributed by atoms with Crippen molar-refractivity contribution in [2.45, 2.75) is 94.6 Å². The summed E-state index contributed by atoms with van der Waals surface area (Å²) in [4.78, 5) is 7.75. The Balaban J connectivity index is 1.28. The van der Waals surface area contributed by atoms with Gasteiger partial charge in [0.05, 0.1) is 17.5 Å². The molecule has 2 aromatic rings. The Kier molecular flexibility index (Phi) is 12.4. The average Bonchev–Trinajstić information content (AvgIpc) is 3.29. The van der Waals surface area contributed by atoms with E-state index in [4.69, 9.17) is 25.8 Å². The lowest BCUT2D eigenvalue weighted by Crippen LogP contribution is -2.59. The molecule has 2 aliphatic carbocycles. The zero-order valence-electron chi connectivity index (χ0n) is 33.2. The lowest BCUT2D eigenvalue weighted by Gasteiger charge is -2.52. The summed E-state index contributed by atoms with van der Waals surface area (Å²) < 4.78 is 50.1. The van der Waals surface area contributed by atoms with Crippen molar-refractivity contribution in [3.63, 3.8) is 0 Å². The van der Waals surface area contributed by atoms with Gasteiger partial charge in [0.25, 0.3) is 0 Å². The number of methoxy groups -OCH3 is 2. The Morgan fingerprint density at radius 3 is 2.61 bits per heavy atom. The van der Waals surface area contributed by atoms with E-state index in [0.717, 1.165) is 99.9 Å². The van der Waals surface area contributed by atoms with Crippen molar-refractivity contribution in [1.29, 1.82) is 0 Å². The topological polar surface area (TPSA) is 83.6 Å². The third kappa shape index (κ3) is 8.27. The summed E-state index contributed by atoms with van der Waals surface area (Å²) in [5.74, 6) is 1.50. The monoisotopic (exact) mass is 782 g/mol. The first kappa shape index (κ1) is 40.0. The number of fused-ring (bicyclic) bond motifs is 4. The van der Waals surface area contributed by atoms with Crippen LogP contribution in [0.1, 0.15) is 76.0 Å². The van der Waals surface area contributed by atoms with Crippen molar-refractivity contribution < 1.29 is 22.6 Å². The number of rotatable bonds is 7. The van der Waals surface area contributed by atoms with Crippen LogP contribution >= 0.6 is 11.6 Å². The number of piperazine rings is 1. The van der Waals surface area contributed by atoms with Gasteiger partial charge < -0.3 is 19.1 Å². The Morgan fingerprint density at radius 1 is 1.07 bits per heavy atom. The smallest absolute Gasteiger partial charge is 0.215 e. The highest BCUT2D eigenvalue weighted by molar-refractivity contribution is 7.90. The molecule has 2 fully saturated rings. The minimum Gasteiger partial charge on any atom is -0.490 e. The van der Waals surface area contributed by atoms with E-state index in [1.165, 1.54) is 11.1 Å². The minimum absolute atomic E-state index is 0.108. The van der Waals surface area contributed by atoms with Gasteiger partial charge in [-0.15, -0.1) is 0 Å². The zero-order valence-corrected chi connectivity index (χ0v) is 34.8. The first-order valence-corrected chi connectivity index (χ1v) is 22.3. The number of benzene rings is 2. The number of nitrogens with one attached hydrogen (secondary N) is 1. The number of aryl methyl sites for hydroxylation is 1. The first-order chi connectivity index (χ1) is 26.0. The van der Waals surface area contributed by atoms with Crippen LogP contribution in [0.15, 0.2) is 48.6 Å². The van der Waals surface area contributed by atoms with E-state index in [1.807, 2.05) is 19.2 Å². The molecule has 0 unspecified atom stereocenters. The van der Waals surface area contributed by atoms with Crippen molar-refractivity contribution in [3.8, 4) is 5.75 Å². The van der Waals surface area contributed by atoms with Gasteiger partial charge in [-0.1, -0.05) is 42.8 Å². The van der Waals surface area contributed by atoms with Gasteiger partial charge in [-0.05, 0) is 118 Å². The van der Waals surface area contributed by atoms with Crippen LogP contribution in [-0.2, 0) is 37.9 Å². The summed E-state index contributed by atoms with van der Waals surface area (Å²) in [5, 5.41) is 0.194. The predicted octanol–water partition coefficient (Wildman–Crippen LogP) is 6.67. The molecule has 11 heteroatoms. The number of hydrogen-bond donors (Lipinski definition) is 1. The molecule has 5 aliphatic rings. The maximum absolute atomic E-state index is 14.1. The number of sulfonamides is 1. The molecule has 298 valence electrons. The summed E-state index contributed by atoms with van der Waals surface area (Å²) in [6.07, 6.45) is 11.0. The van der Waals surface area contributed by atoms with Gasteiger partial charge >= 0.3 is 0 Å². The van der Waals surface area contributed by atoms with E-state index < -0.39 is 20.9 Å². The summed E-state index contributed by atoms with van der Waals surface area (Å²) >= 11 is 6.54. The van der Waals surface area contributed by atoms with E-state index in [0.29, 0.717) is 43.9 Å². The van der Waals surface area contributed by atoms with E-state index in [1.54, 1.807) is 7.11 Å². The fourth-order valence-corrected chi connectivity index (χ4v) is 12.2. The number of nitrogens with zero attached hydrogens (tertiary/aromatic N) is 3. The van der Waals surface area contributed by atoms with Crippen LogP contribution < -0.4 is 14.4 Å². The Labute approximate surface area is 329 Å².